The second-order valence-electron chi connectivity index (χ2n) is 6.42. The number of halogens is 1. The molecule has 0 saturated heterocycles. The molecule has 1 aliphatic rings. The summed E-state index contributed by atoms with van der Waals surface area (Å²) in [6.45, 7) is 0.353. The molecule has 27 heavy (non-hydrogen) atoms. The Bertz CT molecular complexity index is 848. The highest BCUT2D eigenvalue weighted by atomic mass is 35.5. The monoisotopic (exact) mass is 388 g/mol. The van der Waals surface area contributed by atoms with Gasteiger partial charge in [0, 0.05) is 12.2 Å². The fourth-order valence-corrected chi connectivity index (χ4v) is 3.03. The molecular weight excluding hydrogens is 368 g/mol. The molecule has 0 radical (unpaired) electrons. The summed E-state index contributed by atoms with van der Waals surface area (Å²) in [5.74, 6) is 0.681. The maximum absolute atomic E-state index is 12.6. The van der Waals surface area contributed by atoms with Crippen molar-refractivity contribution >= 4 is 29.1 Å². The zero-order valence-electron chi connectivity index (χ0n) is 15.2. The lowest BCUT2D eigenvalue weighted by atomic mass is 10.0. The number of carbonyl (C=O) groups is 2. The van der Waals surface area contributed by atoms with Gasteiger partial charge < -0.3 is 20.1 Å². The van der Waals surface area contributed by atoms with E-state index in [1.807, 2.05) is 24.3 Å². The van der Waals surface area contributed by atoms with Gasteiger partial charge in [-0.3, -0.25) is 9.59 Å². The minimum Gasteiger partial charge on any atom is -0.497 e. The average Bonchev–Trinajstić information content (AvgIpc) is 3.49. The van der Waals surface area contributed by atoms with Crippen molar-refractivity contribution in [1.29, 1.82) is 0 Å². The number of amides is 2. The summed E-state index contributed by atoms with van der Waals surface area (Å²) in [6, 6.07) is 12.4. The number of rotatable bonds is 7. The minimum atomic E-state index is -1.02. The van der Waals surface area contributed by atoms with Crippen molar-refractivity contribution in [1.82, 2.24) is 5.32 Å². The quantitative estimate of drug-likeness (QED) is 0.713. The van der Waals surface area contributed by atoms with Crippen molar-refractivity contribution < 1.29 is 19.1 Å². The first-order valence-corrected chi connectivity index (χ1v) is 8.92. The van der Waals surface area contributed by atoms with E-state index >= 15 is 0 Å². The number of ether oxygens (including phenoxy) is 2. The molecule has 1 fully saturated rings. The van der Waals surface area contributed by atoms with Gasteiger partial charge in [0.2, 0.25) is 11.8 Å². The van der Waals surface area contributed by atoms with Gasteiger partial charge in [0.1, 0.15) is 16.9 Å². The smallest absolute Gasteiger partial charge is 0.240 e. The summed E-state index contributed by atoms with van der Waals surface area (Å²) >= 11 is 6.08. The predicted molar refractivity (Wildman–Crippen MR) is 103 cm³/mol. The number of benzene rings is 2. The van der Waals surface area contributed by atoms with Crippen molar-refractivity contribution in [2.24, 2.45) is 5.41 Å². The average molecular weight is 389 g/mol. The van der Waals surface area contributed by atoms with Crippen LogP contribution in [0.1, 0.15) is 18.4 Å². The lowest BCUT2D eigenvalue weighted by Crippen LogP contribution is -2.39. The lowest BCUT2D eigenvalue weighted by Gasteiger charge is -2.16. The maximum atomic E-state index is 12.6. The molecule has 2 N–H and O–H groups in total. The molecule has 0 aromatic heterocycles. The molecule has 3 rings (SSSR count). The molecule has 7 heteroatoms. The fraction of sp³-hybridized carbons (Fsp3) is 0.300. The van der Waals surface area contributed by atoms with Gasteiger partial charge in [0.05, 0.1) is 19.2 Å². The van der Waals surface area contributed by atoms with E-state index in [2.05, 4.69) is 10.6 Å². The Kier molecular flexibility index (Phi) is 5.56. The summed E-state index contributed by atoms with van der Waals surface area (Å²) in [6.07, 6.45) is 1.05. The Morgan fingerprint density at radius 2 is 1.74 bits per heavy atom. The molecule has 0 atom stereocenters. The van der Waals surface area contributed by atoms with E-state index in [1.165, 1.54) is 7.11 Å². The Morgan fingerprint density at radius 1 is 1.04 bits per heavy atom. The van der Waals surface area contributed by atoms with Crippen molar-refractivity contribution in [2.45, 2.75) is 19.4 Å². The second-order valence-corrected chi connectivity index (χ2v) is 6.82. The SMILES string of the molecule is COc1ccc(CNC(=O)C2(C(=O)Nc3ccc(OC)c(Cl)c3)CC2)cc1. The summed E-state index contributed by atoms with van der Waals surface area (Å²) in [5, 5.41) is 6.02. The van der Waals surface area contributed by atoms with E-state index in [4.69, 9.17) is 21.1 Å². The third-order valence-corrected chi connectivity index (χ3v) is 4.94. The van der Waals surface area contributed by atoms with Gasteiger partial charge in [-0.05, 0) is 48.7 Å². The highest BCUT2D eigenvalue weighted by Gasteiger charge is 2.56. The lowest BCUT2D eigenvalue weighted by molar-refractivity contribution is -0.134. The van der Waals surface area contributed by atoms with Gasteiger partial charge in [0.15, 0.2) is 0 Å². The van der Waals surface area contributed by atoms with E-state index in [0.29, 0.717) is 35.8 Å². The largest absolute Gasteiger partial charge is 0.497 e. The Hall–Kier alpha value is -2.73. The molecule has 1 saturated carbocycles. The molecule has 0 heterocycles. The van der Waals surface area contributed by atoms with Crippen LogP contribution in [0, 0.1) is 5.41 Å². The molecule has 0 spiro atoms. The number of anilines is 1. The Morgan fingerprint density at radius 3 is 2.30 bits per heavy atom. The van der Waals surface area contributed by atoms with Crippen LogP contribution in [-0.4, -0.2) is 26.0 Å². The van der Waals surface area contributed by atoms with Gasteiger partial charge >= 0.3 is 0 Å². The molecule has 2 aromatic carbocycles. The van der Waals surface area contributed by atoms with Crippen molar-refractivity contribution in [2.75, 3.05) is 19.5 Å². The van der Waals surface area contributed by atoms with Crippen LogP contribution in [0.3, 0.4) is 0 Å². The van der Waals surface area contributed by atoms with Crippen LogP contribution in [0.15, 0.2) is 42.5 Å². The molecule has 1 aliphatic carbocycles. The van der Waals surface area contributed by atoms with Crippen LogP contribution in [-0.2, 0) is 16.1 Å². The highest BCUT2D eigenvalue weighted by molar-refractivity contribution is 6.32. The molecule has 6 nitrogen and oxygen atoms in total. The number of carbonyl (C=O) groups excluding carboxylic acids is 2. The Balaban J connectivity index is 1.60. The van der Waals surface area contributed by atoms with E-state index in [1.54, 1.807) is 25.3 Å². The van der Waals surface area contributed by atoms with Crippen LogP contribution in [0.5, 0.6) is 11.5 Å². The van der Waals surface area contributed by atoms with E-state index in [0.717, 1.165) is 11.3 Å². The molecule has 2 aromatic rings. The standard InChI is InChI=1S/C20H21ClN2O4/c1-26-15-6-3-13(4-7-15)12-22-18(24)20(9-10-20)19(25)23-14-5-8-17(27-2)16(21)11-14/h3-8,11H,9-10,12H2,1-2H3,(H,22,24)(H,23,25). The van der Waals surface area contributed by atoms with Gasteiger partial charge in [-0.2, -0.15) is 0 Å². The highest BCUT2D eigenvalue weighted by Crippen LogP contribution is 2.47. The molecule has 0 unspecified atom stereocenters. The van der Waals surface area contributed by atoms with Crippen LogP contribution < -0.4 is 20.1 Å². The molecule has 0 aliphatic heterocycles. The third kappa shape index (κ3) is 4.17. The zero-order chi connectivity index (χ0) is 19.4. The van der Waals surface area contributed by atoms with Gasteiger partial charge in [0.25, 0.3) is 0 Å². The Labute approximate surface area is 162 Å². The van der Waals surface area contributed by atoms with Crippen LogP contribution in [0.4, 0.5) is 5.69 Å². The fourth-order valence-electron chi connectivity index (χ4n) is 2.77. The molecular formula is C20H21ClN2O4. The summed E-state index contributed by atoms with van der Waals surface area (Å²) in [7, 11) is 3.12. The van der Waals surface area contributed by atoms with Crippen LogP contribution in [0.25, 0.3) is 0 Å². The third-order valence-electron chi connectivity index (χ3n) is 4.64. The first-order valence-electron chi connectivity index (χ1n) is 8.55. The van der Waals surface area contributed by atoms with Crippen molar-refractivity contribution in [3.8, 4) is 11.5 Å². The number of nitrogens with one attached hydrogen (secondary N) is 2. The van der Waals surface area contributed by atoms with Gasteiger partial charge in [-0.1, -0.05) is 23.7 Å². The number of methoxy groups -OCH3 is 2. The number of hydrogen-bond acceptors (Lipinski definition) is 4. The van der Waals surface area contributed by atoms with Gasteiger partial charge in [-0.15, -0.1) is 0 Å². The molecule has 142 valence electrons. The first kappa shape index (κ1) is 19.0. The summed E-state index contributed by atoms with van der Waals surface area (Å²) < 4.78 is 10.2. The second kappa shape index (κ2) is 7.88. The molecule has 2 amide bonds. The number of hydrogen-bond donors (Lipinski definition) is 2. The molecule has 0 bridgehead atoms. The minimum absolute atomic E-state index is 0.268. The van der Waals surface area contributed by atoms with Crippen molar-refractivity contribution in [3.05, 3.63) is 53.1 Å². The van der Waals surface area contributed by atoms with E-state index in [-0.39, 0.29) is 11.8 Å². The van der Waals surface area contributed by atoms with Crippen LogP contribution >= 0.6 is 11.6 Å². The topological polar surface area (TPSA) is 76.7 Å². The summed E-state index contributed by atoms with van der Waals surface area (Å²) in [4.78, 5) is 25.2. The van der Waals surface area contributed by atoms with E-state index < -0.39 is 5.41 Å². The maximum Gasteiger partial charge on any atom is 0.240 e. The zero-order valence-corrected chi connectivity index (χ0v) is 15.9. The summed E-state index contributed by atoms with van der Waals surface area (Å²) in [5.41, 5.74) is 0.445. The van der Waals surface area contributed by atoms with Gasteiger partial charge in [-0.25, -0.2) is 0 Å². The first-order chi connectivity index (χ1) is 13.0. The normalized spacial score (nSPS) is 14.2. The van der Waals surface area contributed by atoms with Crippen LogP contribution in [0.2, 0.25) is 5.02 Å². The van der Waals surface area contributed by atoms with E-state index in [9.17, 15) is 9.59 Å². The van der Waals surface area contributed by atoms with Crippen molar-refractivity contribution in [3.63, 3.8) is 0 Å². The predicted octanol–water partition coefficient (Wildman–Crippen LogP) is 3.39.